The third-order valence-electron chi connectivity index (χ3n) is 7.27. The summed E-state index contributed by atoms with van der Waals surface area (Å²) in [4.78, 5) is 33.8. The van der Waals surface area contributed by atoms with Gasteiger partial charge >= 0.3 is 0 Å². The zero-order valence-electron chi connectivity index (χ0n) is 23.6. The summed E-state index contributed by atoms with van der Waals surface area (Å²) in [5.41, 5.74) is 3.46. The fraction of sp³-hybridized carbons (Fsp3) is 0.419. The van der Waals surface area contributed by atoms with E-state index < -0.39 is 0 Å². The van der Waals surface area contributed by atoms with E-state index in [0.717, 1.165) is 48.6 Å². The molecule has 208 valence electrons. The molecular formula is C31H40N4O3S. The van der Waals surface area contributed by atoms with E-state index in [1.807, 2.05) is 58.8 Å². The molecule has 2 aromatic carbocycles. The topological polar surface area (TPSA) is 65.1 Å². The maximum atomic E-state index is 13.7. The predicted molar refractivity (Wildman–Crippen MR) is 160 cm³/mol. The lowest BCUT2D eigenvalue weighted by molar-refractivity contribution is 0.0722. The summed E-state index contributed by atoms with van der Waals surface area (Å²) in [7, 11) is 5.94. The van der Waals surface area contributed by atoms with Crippen LogP contribution in [-0.2, 0) is 6.54 Å². The van der Waals surface area contributed by atoms with Gasteiger partial charge in [-0.3, -0.25) is 9.59 Å². The standard InChI is InChI=1S/C31H40N4O3S/c1-22(2)20-35(31(37)23-8-11-27(38-5)12-9-23)21-24-19-25(32-30(36)29-7-6-18-39-29)10-13-28(24)34(4)26-14-16-33(3)17-15-26/h6-13,18-19,22,26H,14-17,20-21H2,1-5H3,(H,32,36). The van der Waals surface area contributed by atoms with E-state index >= 15 is 0 Å². The fourth-order valence-corrected chi connectivity index (χ4v) is 5.71. The molecule has 7 nitrogen and oxygen atoms in total. The monoisotopic (exact) mass is 548 g/mol. The molecule has 0 atom stereocenters. The zero-order valence-corrected chi connectivity index (χ0v) is 24.5. The van der Waals surface area contributed by atoms with Crippen LogP contribution in [0.4, 0.5) is 11.4 Å². The second kappa shape index (κ2) is 13.1. The third kappa shape index (κ3) is 7.40. The smallest absolute Gasteiger partial charge is 0.265 e. The number of likely N-dealkylation sites (tertiary alicyclic amines) is 1. The van der Waals surface area contributed by atoms with Gasteiger partial charge in [0.25, 0.3) is 11.8 Å². The maximum absolute atomic E-state index is 13.7. The first-order valence-electron chi connectivity index (χ1n) is 13.6. The molecule has 3 aromatic rings. The maximum Gasteiger partial charge on any atom is 0.265 e. The molecule has 0 unspecified atom stereocenters. The molecule has 2 amide bonds. The summed E-state index contributed by atoms with van der Waals surface area (Å²) in [6, 6.07) is 17.5. The molecule has 1 aliphatic rings. The average molecular weight is 549 g/mol. The Kier molecular flexibility index (Phi) is 9.64. The van der Waals surface area contributed by atoms with Crippen molar-refractivity contribution in [2.24, 2.45) is 5.92 Å². The fourth-order valence-electron chi connectivity index (χ4n) is 5.10. The number of hydrogen-bond acceptors (Lipinski definition) is 6. The number of rotatable bonds is 10. The van der Waals surface area contributed by atoms with Gasteiger partial charge in [-0.25, -0.2) is 0 Å². The Morgan fingerprint density at radius 1 is 1.10 bits per heavy atom. The molecule has 1 saturated heterocycles. The summed E-state index contributed by atoms with van der Waals surface area (Å²) in [5.74, 6) is 0.871. The van der Waals surface area contributed by atoms with Gasteiger partial charge in [0, 0.05) is 43.1 Å². The first kappa shape index (κ1) is 28.6. The van der Waals surface area contributed by atoms with Gasteiger partial charge in [-0.05, 0) is 98.4 Å². The number of benzene rings is 2. The van der Waals surface area contributed by atoms with E-state index in [1.54, 1.807) is 7.11 Å². The van der Waals surface area contributed by atoms with Crippen LogP contribution in [0.3, 0.4) is 0 Å². The van der Waals surface area contributed by atoms with Crippen molar-refractivity contribution in [2.75, 3.05) is 51.1 Å². The molecular weight excluding hydrogens is 508 g/mol. The van der Waals surface area contributed by atoms with E-state index in [1.165, 1.54) is 11.3 Å². The summed E-state index contributed by atoms with van der Waals surface area (Å²) in [5, 5.41) is 4.95. The van der Waals surface area contributed by atoms with E-state index in [-0.39, 0.29) is 11.8 Å². The van der Waals surface area contributed by atoms with E-state index in [2.05, 4.69) is 49.1 Å². The van der Waals surface area contributed by atoms with Gasteiger partial charge in [-0.1, -0.05) is 19.9 Å². The van der Waals surface area contributed by atoms with Crippen molar-refractivity contribution in [3.63, 3.8) is 0 Å². The molecule has 39 heavy (non-hydrogen) atoms. The Labute approximate surface area is 236 Å². The molecule has 1 N–H and O–H groups in total. The summed E-state index contributed by atoms with van der Waals surface area (Å²) in [6.07, 6.45) is 2.17. The van der Waals surface area contributed by atoms with Crippen molar-refractivity contribution in [3.8, 4) is 5.75 Å². The summed E-state index contributed by atoms with van der Waals surface area (Å²) < 4.78 is 5.28. The zero-order chi connectivity index (χ0) is 27.9. The van der Waals surface area contributed by atoms with Gasteiger partial charge < -0.3 is 24.8 Å². The normalized spacial score (nSPS) is 14.3. The molecule has 1 fully saturated rings. The molecule has 0 radical (unpaired) electrons. The van der Waals surface area contributed by atoms with Crippen molar-refractivity contribution in [2.45, 2.75) is 39.3 Å². The SMILES string of the molecule is COc1ccc(C(=O)N(Cc2cc(NC(=O)c3cccs3)ccc2N(C)C2CCN(C)CC2)CC(C)C)cc1. The molecule has 2 heterocycles. The van der Waals surface area contributed by atoms with Crippen molar-refractivity contribution in [1.29, 1.82) is 0 Å². The van der Waals surface area contributed by atoms with Crippen LogP contribution in [0.2, 0.25) is 0 Å². The minimum Gasteiger partial charge on any atom is -0.497 e. The molecule has 8 heteroatoms. The number of thiophene rings is 1. The lowest BCUT2D eigenvalue weighted by atomic mass is 10.0. The van der Waals surface area contributed by atoms with Crippen molar-refractivity contribution in [1.82, 2.24) is 9.80 Å². The quantitative estimate of drug-likeness (QED) is 0.345. The number of ether oxygens (including phenoxy) is 1. The Balaban J connectivity index is 1.65. The highest BCUT2D eigenvalue weighted by Crippen LogP contribution is 2.30. The number of methoxy groups -OCH3 is 1. The van der Waals surface area contributed by atoms with Crippen LogP contribution in [0.1, 0.15) is 52.3 Å². The van der Waals surface area contributed by atoms with Gasteiger partial charge in [-0.15, -0.1) is 11.3 Å². The number of hydrogen-bond donors (Lipinski definition) is 1. The highest BCUT2D eigenvalue weighted by molar-refractivity contribution is 7.12. The number of piperidine rings is 1. The highest BCUT2D eigenvalue weighted by atomic mass is 32.1. The van der Waals surface area contributed by atoms with Crippen LogP contribution in [0.5, 0.6) is 5.75 Å². The van der Waals surface area contributed by atoms with Crippen LogP contribution < -0.4 is 15.0 Å². The van der Waals surface area contributed by atoms with Gasteiger partial charge in [0.2, 0.25) is 0 Å². The number of anilines is 2. The van der Waals surface area contributed by atoms with Crippen molar-refractivity contribution < 1.29 is 14.3 Å². The van der Waals surface area contributed by atoms with E-state index in [4.69, 9.17) is 4.74 Å². The van der Waals surface area contributed by atoms with E-state index in [9.17, 15) is 9.59 Å². The second-order valence-corrected chi connectivity index (χ2v) is 11.7. The van der Waals surface area contributed by atoms with Crippen LogP contribution in [-0.4, -0.2) is 68.5 Å². The second-order valence-electron chi connectivity index (χ2n) is 10.7. The Morgan fingerprint density at radius 2 is 1.82 bits per heavy atom. The number of carbonyl (C=O) groups excluding carboxylic acids is 2. The van der Waals surface area contributed by atoms with Gasteiger partial charge in [0.1, 0.15) is 5.75 Å². The van der Waals surface area contributed by atoms with Crippen molar-refractivity contribution >= 4 is 34.5 Å². The van der Waals surface area contributed by atoms with Crippen LogP contribution in [0.25, 0.3) is 0 Å². The first-order valence-corrected chi connectivity index (χ1v) is 14.5. The molecule has 0 spiro atoms. The number of carbonyl (C=O) groups is 2. The summed E-state index contributed by atoms with van der Waals surface area (Å²) >= 11 is 1.42. The molecule has 0 aliphatic carbocycles. The van der Waals surface area contributed by atoms with Gasteiger partial charge in [-0.2, -0.15) is 0 Å². The molecule has 0 bridgehead atoms. The largest absolute Gasteiger partial charge is 0.497 e. The molecule has 4 rings (SSSR count). The number of nitrogens with zero attached hydrogens (tertiary/aromatic N) is 3. The first-order chi connectivity index (χ1) is 18.7. The summed E-state index contributed by atoms with van der Waals surface area (Å²) in [6.45, 7) is 7.44. The minimum absolute atomic E-state index is 0.0210. The number of amides is 2. The lowest BCUT2D eigenvalue weighted by Gasteiger charge is -2.38. The highest BCUT2D eigenvalue weighted by Gasteiger charge is 2.25. The van der Waals surface area contributed by atoms with Crippen LogP contribution >= 0.6 is 11.3 Å². The number of nitrogens with one attached hydrogen (secondary N) is 1. The molecule has 1 aromatic heterocycles. The average Bonchev–Trinajstić information content (AvgIpc) is 3.48. The molecule has 1 aliphatic heterocycles. The Morgan fingerprint density at radius 3 is 2.44 bits per heavy atom. The van der Waals surface area contributed by atoms with Gasteiger partial charge in [0.05, 0.1) is 12.0 Å². The third-order valence-corrected chi connectivity index (χ3v) is 8.14. The van der Waals surface area contributed by atoms with Crippen molar-refractivity contribution in [3.05, 3.63) is 76.0 Å². The van der Waals surface area contributed by atoms with E-state index in [0.29, 0.717) is 35.5 Å². The van der Waals surface area contributed by atoms with Gasteiger partial charge in [0.15, 0.2) is 0 Å². The lowest BCUT2D eigenvalue weighted by Crippen LogP contribution is -2.42. The minimum atomic E-state index is -0.124. The Bertz CT molecular complexity index is 1240. The predicted octanol–water partition coefficient (Wildman–Crippen LogP) is 5.84. The van der Waals surface area contributed by atoms with Crippen LogP contribution in [0, 0.1) is 5.92 Å². The Hall–Kier alpha value is -3.36. The van der Waals surface area contributed by atoms with Crippen LogP contribution in [0.15, 0.2) is 60.0 Å². The molecule has 0 saturated carbocycles.